The summed E-state index contributed by atoms with van der Waals surface area (Å²) in [7, 11) is 1.62. The predicted molar refractivity (Wildman–Crippen MR) is 107 cm³/mol. The van der Waals surface area contributed by atoms with Gasteiger partial charge in [0.15, 0.2) is 0 Å². The summed E-state index contributed by atoms with van der Waals surface area (Å²) in [6, 6.07) is 13.3. The first-order valence-corrected chi connectivity index (χ1v) is 9.39. The van der Waals surface area contributed by atoms with Crippen molar-refractivity contribution in [2.45, 2.75) is 13.3 Å². The van der Waals surface area contributed by atoms with E-state index in [9.17, 15) is 9.18 Å². The van der Waals surface area contributed by atoms with Crippen molar-refractivity contribution in [3.63, 3.8) is 0 Å². The number of rotatable bonds is 5. The summed E-state index contributed by atoms with van der Waals surface area (Å²) in [6.45, 7) is 1.85. The van der Waals surface area contributed by atoms with Gasteiger partial charge in [0.05, 0.1) is 29.4 Å². The molecule has 0 aliphatic heterocycles. The predicted octanol–water partition coefficient (Wildman–Crippen LogP) is 4.12. The monoisotopic (exact) mass is 396 g/mol. The summed E-state index contributed by atoms with van der Waals surface area (Å²) in [4.78, 5) is 17.0. The molecule has 8 heteroatoms. The fourth-order valence-corrected chi connectivity index (χ4v) is 3.78. The molecule has 0 fully saturated rings. The summed E-state index contributed by atoms with van der Waals surface area (Å²) in [5.74, 6) is 0.753. The molecule has 1 N–H and O–H groups in total. The molecule has 0 radical (unpaired) electrons. The number of amides is 1. The number of benzene rings is 2. The molecule has 0 unspecified atom stereocenters. The van der Waals surface area contributed by atoms with Crippen LogP contribution < -0.4 is 10.1 Å². The van der Waals surface area contributed by atoms with E-state index in [0.29, 0.717) is 10.9 Å². The fraction of sp³-hybridized carbons (Fsp3) is 0.150. The Morgan fingerprint density at radius 3 is 2.75 bits per heavy atom. The Morgan fingerprint density at radius 2 is 2.00 bits per heavy atom. The van der Waals surface area contributed by atoms with Gasteiger partial charge in [-0.3, -0.25) is 4.79 Å². The Hall–Kier alpha value is -3.26. The van der Waals surface area contributed by atoms with Gasteiger partial charge in [0.1, 0.15) is 17.4 Å². The highest BCUT2D eigenvalue weighted by Gasteiger charge is 2.15. The van der Waals surface area contributed by atoms with Crippen molar-refractivity contribution in [1.82, 2.24) is 14.8 Å². The van der Waals surface area contributed by atoms with E-state index in [1.54, 1.807) is 30.0 Å². The molecule has 0 aliphatic rings. The molecule has 0 spiro atoms. The van der Waals surface area contributed by atoms with E-state index in [1.165, 1.54) is 23.5 Å². The van der Waals surface area contributed by atoms with Gasteiger partial charge in [-0.15, -0.1) is 0 Å². The Balaban J connectivity index is 1.59. The van der Waals surface area contributed by atoms with Crippen molar-refractivity contribution < 1.29 is 13.9 Å². The quantitative estimate of drug-likeness (QED) is 0.551. The number of halogens is 1. The van der Waals surface area contributed by atoms with Crippen molar-refractivity contribution in [2.24, 2.45) is 0 Å². The minimum absolute atomic E-state index is 0.140. The average Bonchev–Trinajstić information content (AvgIpc) is 3.25. The minimum Gasteiger partial charge on any atom is -0.497 e. The summed E-state index contributed by atoms with van der Waals surface area (Å²) >= 11 is 1.46. The number of fused-ring (bicyclic) bond motifs is 1. The third-order valence-corrected chi connectivity index (χ3v) is 5.14. The van der Waals surface area contributed by atoms with Crippen LogP contribution in [0.25, 0.3) is 15.3 Å². The summed E-state index contributed by atoms with van der Waals surface area (Å²) in [5.41, 5.74) is 2.32. The van der Waals surface area contributed by atoms with E-state index in [1.807, 2.05) is 25.1 Å². The van der Waals surface area contributed by atoms with Gasteiger partial charge in [0, 0.05) is 6.07 Å². The average molecular weight is 396 g/mol. The van der Waals surface area contributed by atoms with E-state index in [0.717, 1.165) is 27.2 Å². The number of carbonyl (C=O) groups excluding carboxylic acids is 1. The Labute approximate surface area is 164 Å². The van der Waals surface area contributed by atoms with Crippen LogP contribution in [0, 0.1) is 12.7 Å². The first-order chi connectivity index (χ1) is 13.5. The Morgan fingerprint density at radius 1 is 1.21 bits per heavy atom. The summed E-state index contributed by atoms with van der Waals surface area (Å²) in [6.07, 6.45) is 0.140. The van der Waals surface area contributed by atoms with Crippen LogP contribution in [0.5, 0.6) is 5.75 Å². The van der Waals surface area contributed by atoms with Crippen molar-refractivity contribution in [3.05, 3.63) is 65.6 Å². The van der Waals surface area contributed by atoms with Gasteiger partial charge < -0.3 is 10.1 Å². The van der Waals surface area contributed by atoms with E-state index in [2.05, 4.69) is 15.4 Å². The van der Waals surface area contributed by atoms with Crippen LogP contribution in [0.4, 0.5) is 10.2 Å². The number of aromatic nitrogens is 3. The molecule has 2 aromatic heterocycles. The molecule has 142 valence electrons. The number of methoxy groups -OCH3 is 1. The van der Waals surface area contributed by atoms with Crippen molar-refractivity contribution >= 4 is 33.3 Å². The molecule has 6 nitrogen and oxygen atoms in total. The van der Waals surface area contributed by atoms with E-state index < -0.39 is 0 Å². The lowest BCUT2D eigenvalue weighted by Crippen LogP contribution is -2.17. The Bertz CT molecular complexity index is 1150. The first-order valence-electron chi connectivity index (χ1n) is 8.58. The number of anilines is 1. The zero-order valence-corrected chi connectivity index (χ0v) is 16.1. The molecule has 1 amide bonds. The molecule has 0 bridgehead atoms. The maximum absolute atomic E-state index is 13.0. The van der Waals surface area contributed by atoms with Crippen LogP contribution >= 0.6 is 11.3 Å². The second-order valence-corrected chi connectivity index (χ2v) is 7.27. The number of carbonyl (C=O) groups is 1. The molecular formula is C20H17FN4O2S. The molecule has 4 rings (SSSR count). The zero-order chi connectivity index (χ0) is 19.7. The topological polar surface area (TPSA) is 69.0 Å². The van der Waals surface area contributed by atoms with Gasteiger partial charge in [0.25, 0.3) is 0 Å². The first kappa shape index (κ1) is 18.1. The fourth-order valence-electron chi connectivity index (χ4n) is 2.82. The highest BCUT2D eigenvalue weighted by atomic mass is 32.1. The molecule has 0 saturated heterocycles. The van der Waals surface area contributed by atoms with Gasteiger partial charge >= 0.3 is 0 Å². The van der Waals surface area contributed by atoms with E-state index in [4.69, 9.17) is 4.74 Å². The maximum atomic E-state index is 13.0. The van der Waals surface area contributed by atoms with Crippen LogP contribution in [-0.4, -0.2) is 27.8 Å². The molecule has 2 heterocycles. The second-order valence-electron chi connectivity index (χ2n) is 6.26. The number of aryl methyl sites for hydroxylation is 1. The molecular weight excluding hydrogens is 379 g/mol. The van der Waals surface area contributed by atoms with Gasteiger partial charge in [-0.1, -0.05) is 23.5 Å². The van der Waals surface area contributed by atoms with Crippen LogP contribution in [-0.2, 0) is 11.2 Å². The lowest BCUT2D eigenvalue weighted by atomic mass is 10.1. The molecule has 4 aromatic rings. The highest BCUT2D eigenvalue weighted by Crippen LogP contribution is 2.30. The number of ether oxygens (including phenoxy) is 1. The van der Waals surface area contributed by atoms with Crippen LogP contribution in [0.2, 0.25) is 0 Å². The van der Waals surface area contributed by atoms with E-state index in [-0.39, 0.29) is 18.1 Å². The molecule has 2 aromatic carbocycles. The SMILES string of the molecule is COc1ccc2nc(-n3nc(C)cc3NC(=O)Cc3ccc(F)cc3)sc2c1. The molecule has 0 atom stereocenters. The molecule has 28 heavy (non-hydrogen) atoms. The number of hydrogen-bond donors (Lipinski definition) is 1. The molecule has 0 aliphatic carbocycles. The van der Waals surface area contributed by atoms with Gasteiger partial charge in [-0.2, -0.15) is 9.78 Å². The normalized spacial score (nSPS) is 11.0. The van der Waals surface area contributed by atoms with Crippen molar-refractivity contribution in [3.8, 4) is 10.9 Å². The standard InChI is InChI=1S/C20H17FN4O2S/c1-12-9-18(23-19(26)10-13-3-5-14(21)6-4-13)25(24-12)20-22-16-8-7-15(27-2)11-17(16)28-20/h3-9,11H,10H2,1-2H3,(H,23,26). The summed E-state index contributed by atoms with van der Waals surface area (Å²) in [5, 5.41) is 7.98. The van der Waals surface area contributed by atoms with Crippen molar-refractivity contribution in [1.29, 1.82) is 0 Å². The maximum Gasteiger partial charge on any atom is 0.229 e. The smallest absolute Gasteiger partial charge is 0.229 e. The summed E-state index contributed by atoms with van der Waals surface area (Å²) < 4.78 is 20.9. The Kier molecular flexibility index (Phi) is 4.79. The van der Waals surface area contributed by atoms with Gasteiger partial charge in [0.2, 0.25) is 11.0 Å². The number of thiazole rings is 1. The lowest BCUT2D eigenvalue weighted by Gasteiger charge is -2.06. The van der Waals surface area contributed by atoms with E-state index >= 15 is 0 Å². The minimum atomic E-state index is -0.328. The van der Waals surface area contributed by atoms with Crippen LogP contribution in [0.1, 0.15) is 11.3 Å². The number of nitrogens with one attached hydrogen (secondary N) is 1. The lowest BCUT2D eigenvalue weighted by molar-refractivity contribution is -0.115. The van der Waals surface area contributed by atoms with Crippen LogP contribution in [0.3, 0.4) is 0 Å². The van der Waals surface area contributed by atoms with Gasteiger partial charge in [-0.25, -0.2) is 9.37 Å². The van der Waals surface area contributed by atoms with Gasteiger partial charge in [-0.05, 0) is 42.8 Å². The largest absolute Gasteiger partial charge is 0.497 e. The third-order valence-electron chi connectivity index (χ3n) is 4.14. The number of nitrogens with zero attached hydrogens (tertiary/aromatic N) is 3. The third kappa shape index (κ3) is 3.72. The van der Waals surface area contributed by atoms with Crippen molar-refractivity contribution in [2.75, 3.05) is 12.4 Å². The van der Waals surface area contributed by atoms with Crippen LogP contribution in [0.15, 0.2) is 48.5 Å². The zero-order valence-electron chi connectivity index (χ0n) is 15.3. The molecule has 0 saturated carbocycles. The highest BCUT2D eigenvalue weighted by molar-refractivity contribution is 7.20. The number of hydrogen-bond acceptors (Lipinski definition) is 5. The second kappa shape index (κ2) is 7.40.